The van der Waals surface area contributed by atoms with Crippen LogP contribution < -0.4 is 10.6 Å². The second-order valence-corrected chi connectivity index (χ2v) is 5.21. The summed E-state index contributed by atoms with van der Waals surface area (Å²) in [5, 5.41) is 15.1. The average Bonchev–Trinajstić information content (AvgIpc) is 2.45. The first-order valence-corrected chi connectivity index (χ1v) is 7.40. The fraction of sp³-hybridized carbons (Fsp3) is 0.857. The Bertz CT molecular complexity index is 323. The summed E-state index contributed by atoms with van der Waals surface area (Å²) in [5.74, 6) is -1.24. The van der Waals surface area contributed by atoms with Gasteiger partial charge in [-0.25, -0.2) is 4.79 Å². The maximum absolute atomic E-state index is 11.9. The monoisotopic (exact) mass is 286 g/mol. The van der Waals surface area contributed by atoms with Gasteiger partial charge in [0.05, 0.1) is 12.7 Å². The summed E-state index contributed by atoms with van der Waals surface area (Å²) in [7, 11) is 0. The number of nitrogens with one attached hydrogen (secondary N) is 2. The lowest BCUT2D eigenvalue weighted by Crippen LogP contribution is -2.53. The van der Waals surface area contributed by atoms with Crippen LogP contribution in [0.15, 0.2) is 0 Å². The van der Waals surface area contributed by atoms with Crippen LogP contribution in [0.1, 0.15) is 46.0 Å². The molecule has 1 heterocycles. The number of carboxylic acid groups (broad SMARTS) is 1. The molecular formula is C14H26N2O4. The van der Waals surface area contributed by atoms with Crippen LogP contribution in [0.2, 0.25) is 0 Å². The normalized spacial score (nSPS) is 16.9. The van der Waals surface area contributed by atoms with Gasteiger partial charge in [-0.05, 0) is 38.8 Å². The van der Waals surface area contributed by atoms with Crippen LogP contribution >= 0.6 is 0 Å². The number of carbonyl (C=O) groups is 2. The average molecular weight is 286 g/mol. The molecule has 1 fully saturated rings. The Morgan fingerprint density at radius 1 is 1.30 bits per heavy atom. The van der Waals surface area contributed by atoms with Gasteiger partial charge in [0, 0.05) is 6.42 Å². The van der Waals surface area contributed by atoms with Gasteiger partial charge in [0.25, 0.3) is 0 Å². The van der Waals surface area contributed by atoms with Crippen molar-refractivity contribution < 1.29 is 19.4 Å². The van der Waals surface area contributed by atoms with Gasteiger partial charge in [0.1, 0.15) is 5.54 Å². The number of hydrogen-bond donors (Lipinski definition) is 3. The molecule has 0 spiro atoms. The summed E-state index contributed by atoms with van der Waals surface area (Å²) < 4.78 is 5.65. The second-order valence-electron chi connectivity index (χ2n) is 5.21. The van der Waals surface area contributed by atoms with E-state index in [1.54, 1.807) is 13.8 Å². The van der Waals surface area contributed by atoms with E-state index in [0.29, 0.717) is 19.4 Å². The van der Waals surface area contributed by atoms with Crippen molar-refractivity contribution in [3.05, 3.63) is 0 Å². The fourth-order valence-corrected chi connectivity index (χ4v) is 2.39. The molecule has 3 N–H and O–H groups in total. The standard InChI is InChI=1S/C14H26N2O4/c1-3-14(4-2,13(18)19)16-12(17)7-10-20-11-5-8-15-9-6-11/h11,15H,3-10H2,1-2H3,(H,16,17)(H,18,19). The predicted octanol–water partition coefficient (Wildman–Crippen LogP) is 0.905. The first-order chi connectivity index (χ1) is 9.54. The van der Waals surface area contributed by atoms with Gasteiger partial charge in [-0.15, -0.1) is 0 Å². The molecule has 0 aromatic rings. The maximum atomic E-state index is 11.9. The fourth-order valence-electron chi connectivity index (χ4n) is 2.39. The highest BCUT2D eigenvalue weighted by Gasteiger charge is 2.36. The molecule has 0 aliphatic carbocycles. The smallest absolute Gasteiger partial charge is 0.329 e. The summed E-state index contributed by atoms with van der Waals surface area (Å²) in [5.41, 5.74) is -1.15. The van der Waals surface area contributed by atoms with E-state index >= 15 is 0 Å². The summed E-state index contributed by atoms with van der Waals surface area (Å²) in [6, 6.07) is 0. The predicted molar refractivity (Wildman–Crippen MR) is 75.6 cm³/mol. The quantitative estimate of drug-likeness (QED) is 0.617. The Morgan fingerprint density at radius 2 is 1.90 bits per heavy atom. The van der Waals surface area contributed by atoms with Crippen LogP contribution in [0.4, 0.5) is 0 Å². The summed E-state index contributed by atoms with van der Waals surface area (Å²) in [6.07, 6.45) is 3.10. The number of amides is 1. The van der Waals surface area contributed by atoms with Crippen molar-refractivity contribution in [3.8, 4) is 0 Å². The first kappa shape index (κ1) is 16.9. The molecule has 0 atom stereocenters. The largest absolute Gasteiger partial charge is 0.480 e. The lowest BCUT2D eigenvalue weighted by Gasteiger charge is -2.28. The molecule has 0 unspecified atom stereocenters. The molecule has 1 rings (SSSR count). The van der Waals surface area contributed by atoms with E-state index in [-0.39, 0.29) is 18.4 Å². The van der Waals surface area contributed by atoms with Crippen LogP contribution in [-0.4, -0.2) is 48.3 Å². The molecule has 6 nitrogen and oxygen atoms in total. The van der Waals surface area contributed by atoms with Crippen molar-refractivity contribution >= 4 is 11.9 Å². The van der Waals surface area contributed by atoms with E-state index in [0.717, 1.165) is 25.9 Å². The molecule has 1 aliphatic rings. The van der Waals surface area contributed by atoms with Gasteiger partial charge in [0.2, 0.25) is 5.91 Å². The number of hydrogen-bond acceptors (Lipinski definition) is 4. The zero-order valence-corrected chi connectivity index (χ0v) is 12.4. The van der Waals surface area contributed by atoms with E-state index in [9.17, 15) is 14.7 Å². The lowest BCUT2D eigenvalue weighted by atomic mass is 9.93. The molecule has 0 radical (unpaired) electrons. The third kappa shape index (κ3) is 4.76. The zero-order valence-electron chi connectivity index (χ0n) is 12.4. The Labute approximate surface area is 120 Å². The Morgan fingerprint density at radius 3 is 2.40 bits per heavy atom. The van der Waals surface area contributed by atoms with Crippen molar-refractivity contribution in [2.24, 2.45) is 0 Å². The third-order valence-electron chi connectivity index (χ3n) is 3.96. The first-order valence-electron chi connectivity index (χ1n) is 7.40. The van der Waals surface area contributed by atoms with E-state index in [1.807, 2.05) is 0 Å². The van der Waals surface area contributed by atoms with Crippen LogP contribution in [0.25, 0.3) is 0 Å². The van der Waals surface area contributed by atoms with Gasteiger partial charge < -0.3 is 20.5 Å². The number of aliphatic carboxylic acids is 1. The van der Waals surface area contributed by atoms with Crippen LogP contribution in [0, 0.1) is 0 Å². The SMILES string of the molecule is CCC(CC)(NC(=O)CCOC1CCNCC1)C(=O)O. The molecule has 20 heavy (non-hydrogen) atoms. The van der Waals surface area contributed by atoms with E-state index < -0.39 is 11.5 Å². The topological polar surface area (TPSA) is 87.7 Å². The molecule has 0 saturated carbocycles. The number of rotatable bonds is 8. The van der Waals surface area contributed by atoms with Crippen molar-refractivity contribution in [1.29, 1.82) is 0 Å². The number of carboxylic acids is 1. The molecule has 6 heteroatoms. The summed E-state index contributed by atoms with van der Waals surface area (Å²) in [6.45, 7) is 5.78. The molecular weight excluding hydrogens is 260 g/mol. The number of ether oxygens (including phenoxy) is 1. The zero-order chi connectivity index (χ0) is 15.0. The highest BCUT2D eigenvalue weighted by Crippen LogP contribution is 2.15. The van der Waals surface area contributed by atoms with Crippen molar-refractivity contribution in [2.75, 3.05) is 19.7 Å². The molecule has 1 amide bonds. The van der Waals surface area contributed by atoms with E-state index in [2.05, 4.69) is 10.6 Å². The van der Waals surface area contributed by atoms with Crippen LogP contribution in [0.5, 0.6) is 0 Å². The Hall–Kier alpha value is -1.14. The minimum atomic E-state index is -1.15. The molecule has 1 aliphatic heterocycles. The molecule has 0 bridgehead atoms. The Kier molecular flexibility index (Phi) is 6.95. The van der Waals surface area contributed by atoms with Gasteiger partial charge in [0.15, 0.2) is 0 Å². The van der Waals surface area contributed by atoms with Gasteiger partial charge in [-0.1, -0.05) is 13.8 Å². The molecule has 116 valence electrons. The number of piperidine rings is 1. The minimum absolute atomic E-state index is 0.207. The van der Waals surface area contributed by atoms with Crippen molar-refractivity contribution in [3.63, 3.8) is 0 Å². The van der Waals surface area contributed by atoms with Crippen molar-refractivity contribution in [1.82, 2.24) is 10.6 Å². The number of carbonyl (C=O) groups excluding carboxylic acids is 1. The molecule has 0 aromatic carbocycles. The molecule has 1 saturated heterocycles. The summed E-state index contributed by atoms with van der Waals surface area (Å²) in [4.78, 5) is 23.1. The van der Waals surface area contributed by atoms with Crippen LogP contribution in [0.3, 0.4) is 0 Å². The maximum Gasteiger partial charge on any atom is 0.329 e. The second kappa shape index (κ2) is 8.21. The minimum Gasteiger partial charge on any atom is -0.480 e. The van der Waals surface area contributed by atoms with E-state index in [4.69, 9.17) is 4.74 Å². The van der Waals surface area contributed by atoms with Gasteiger partial charge in [-0.3, -0.25) is 4.79 Å². The van der Waals surface area contributed by atoms with Gasteiger partial charge in [-0.2, -0.15) is 0 Å². The van der Waals surface area contributed by atoms with Crippen LogP contribution in [-0.2, 0) is 14.3 Å². The highest BCUT2D eigenvalue weighted by molar-refractivity contribution is 5.86. The van der Waals surface area contributed by atoms with E-state index in [1.165, 1.54) is 0 Å². The Balaban J connectivity index is 2.32. The lowest BCUT2D eigenvalue weighted by molar-refractivity contribution is -0.148. The third-order valence-corrected chi connectivity index (χ3v) is 3.96. The van der Waals surface area contributed by atoms with Gasteiger partial charge >= 0.3 is 5.97 Å². The highest BCUT2D eigenvalue weighted by atomic mass is 16.5. The van der Waals surface area contributed by atoms with Crippen molar-refractivity contribution in [2.45, 2.75) is 57.6 Å². The summed E-state index contributed by atoms with van der Waals surface area (Å²) >= 11 is 0. The molecule has 0 aromatic heterocycles.